The third kappa shape index (κ3) is 3.78. The van der Waals surface area contributed by atoms with Crippen molar-refractivity contribution >= 4 is 22.7 Å². The smallest absolute Gasteiger partial charge is 0.209 e. The molecule has 0 amide bonds. The number of hydrogen-bond acceptors (Lipinski definition) is 1. The van der Waals surface area contributed by atoms with Crippen LogP contribution in [-0.4, -0.2) is 24.4 Å². The van der Waals surface area contributed by atoms with Crippen LogP contribution in [0.1, 0.15) is 44.4 Å². The molecule has 0 fully saturated rings. The zero-order chi connectivity index (χ0) is 24.8. The van der Waals surface area contributed by atoms with E-state index in [2.05, 4.69) is 154 Å². The van der Waals surface area contributed by atoms with E-state index in [1.165, 1.54) is 45.0 Å². The Bertz CT molecular complexity index is 1400. The van der Waals surface area contributed by atoms with Crippen molar-refractivity contribution in [3.8, 4) is 0 Å². The van der Waals surface area contributed by atoms with Gasteiger partial charge in [-0.1, -0.05) is 86.7 Å². The molecule has 0 N–H and O–H groups in total. The minimum atomic E-state index is -0.0442. The van der Waals surface area contributed by atoms with E-state index < -0.39 is 0 Å². The van der Waals surface area contributed by atoms with E-state index in [9.17, 15) is 0 Å². The second-order valence-corrected chi connectivity index (χ2v) is 10.7. The Morgan fingerprint density at radius 1 is 0.771 bits per heavy atom. The van der Waals surface area contributed by atoms with E-state index in [1.807, 2.05) is 0 Å². The summed E-state index contributed by atoms with van der Waals surface area (Å²) in [6, 6.07) is 28.1. The SMILES string of the molecule is CN1/C(=C/C=C(/C=C/C2=[N+](C)c3ccccc3C2(C)C)c2ccccc2)C(C)(C)c2ccccc21. The standard InChI is InChI=1S/C33H35N2/c1-32(2)26-16-10-12-18-28(26)34(5)30(32)22-20-25(24-14-8-7-9-15-24)21-23-31-33(3,4)27-17-11-13-19-29(27)35(31)6/h7-23H,1-6H3/q+1. The lowest BCUT2D eigenvalue weighted by Crippen LogP contribution is -2.26. The lowest BCUT2D eigenvalue weighted by Gasteiger charge is -2.23. The zero-order valence-electron chi connectivity index (χ0n) is 21.7. The predicted molar refractivity (Wildman–Crippen MR) is 150 cm³/mol. The number of likely N-dealkylation sites (N-methyl/N-ethyl adjacent to an activating group) is 1. The molecule has 2 aliphatic rings. The normalized spacial score (nSPS) is 19.5. The summed E-state index contributed by atoms with van der Waals surface area (Å²) in [7, 11) is 4.35. The summed E-state index contributed by atoms with van der Waals surface area (Å²) in [6.07, 6.45) is 9.16. The van der Waals surface area contributed by atoms with E-state index in [-0.39, 0.29) is 10.8 Å². The molecule has 0 saturated carbocycles. The van der Waals surface area contributed by atoms with Crippen LogP contribution in [0.4, 0.5) is 11.4 Å². The highest BCUT2D eigenvalue weighted by Crippen LogP contribution is 2.46. The van der Waals surface area contributed by atoms with Gasteiger partial charge in [0, 0.05) is 41.6 Å². The van der Waals surface area contributed by atoms with Crippen LogP contribution in [0.5, 0.6) is 0 Å². The van der Waals surface area contributed by atoms with Gasteiger partial charge in [0.1, 0.15) is 7.05 Å². The van der Waals surface area contributed by atoms with Gasteiger partial charge in [-0.15, -0.1) is 0 Å². The molecule has 3 aromatic carbocycles. The Morgan fingerprint density at radius 3 is 2.09 bits per heavy atom. The fourth-order valence-corrected chi connectivity index (χ4v) is 5.82. The highest BCUT2D eigenvalue weighted by atomic mass is 15.2. The molecule has 0 aliphatic carbocycles. The molecule has 3 aromatic rings. The van der Waals surface area contributed by atoms with Crippen LogP contribution < -0.4 is 4.90 Å². The van der Waals surface area contributed by atoms with Gasteiger partial charge in [-0.2, -0.15) is 4.58 Å². The number of rotatable bonds is 4. The number of anilines is 1. The maximum atomic E-state index is 2.33. The van der Waals surface area contributed by atoms with Gasteiger partial charge in [0.25, 0.3) is 0 Å². The van der Waals surface area contributed by atoms with E-state index in [1.54, 1.807) is 0 Å². The fourth-order valence-electron chi connectivity index (χ4n) is 5.82. The van der Waals surface area contributed by atoms with Gasteiger partial charge in [-0.3, -0.25) is 0 Å². The van der Waals surface area contributed by atoms with Gasteiger partial charge in [-0.25, -0.2) is 0 Å². The van der Waals surface area contributed by atoms with Gasteiger partial charge >= 0.3 is 0 Å². The number of allylic oxidation sites excluding steroid dienone is 6. The molecular weight excluding hydrogens is 424 g/mol. The summed E-state index contributed by atoms with van der Waals surface area (Å²) in [4.78, 5) is 2.33. The first-order chi connectivity index (χ1) is 16.7. The molecule has 2 heteroatoms. The minimum Gasteiger partial charge on any atom is -0.347 e. The van der Waals surface area contributed by atoms with Crippen LogP contribution in [0.25, 0.3) is 5.57 Å². The van der Waals surface area contributed by atoms with Crippen LogP contribution >= 0.6 is 0 Å². The molecule has 0 spiro atoms. The van der Waals surface area contributed by atoms with Crippen molar-refractivity contribution < 1.29 is 4.58 Å². The van der Waals surface area contributed by atoms with E-state index >= 15 is 0 Å². The predicted octanol–water partition coefficient (Wildman–Crippen LogP) is 7.64. The number of para-hydroxylation sites is 2. The summed E-state index contributed by atoms with van der Waals surface area (Å²) >= 11 is 0. The topological polar surface area (TPSA) is 6.25 Å². The lowest BCUT2D eigenvalue weighted by molar-refractivity contribution is -0.401. The minimum absolute atomic E-state index is 0.0442. The maximum Gasteiger partial charge on any atom is 0.209 e. The third-order valence-corrected chi connectivity index (χ3v) is 7.83. The van der Waals surface area contributed by atoms with Crippen LogP contribution in [0.15, 0.2) is 109 Å². The monoisotopic (exact) mass is 459 g/mol. The van der Waals surface area contributed by atoms with Crippen molar-refractivity contribution in [2.24, 2.45) is 0 Å². The average molecular weight is 460 g/mol. The molecule has 0 saturated heterocycles. The van der Waals surface area contributed by atoms with Crippen molar-refractivity contribution in [2.75, 3.05) is 19.0 Å². The molecule has 2 heterocycles. The van der Waals surface area contributed by atoms with Gasteiger partial charge in [-0.05, 0) is 48.8 Å². The molecule has 2 aliphatic heterocycles. The molecule has 0 bridgehead atoms. The second kappa shape index (κ2) is 8.53. The zero-order valence-corrected chi connectivity index (χ0v) is 21.7. The summed E-state index contributed by atoms with van der Waals surface area (Å²) < 4.78 is 2.33. The van der Waals surface area contributed by atoms with Gasteiger partial charge in [0.05, 0.1) is 5.41 Å². The summed E-state index contributed by atoms with van der Waals surface area (Å²) in [5.41, 5.74) is 10.3. The van der Waals surface area contributed by atoms with Crippen LogP contribution in [0.2, 0.25) is 0 Å². The summed E-state index contributed by atoms with van der Waals surface area (Å²) in [6.45, 7) is 9.26. The molecule has 0 unspecified atom stereocenters. The summed E-state index contributed by atoms with van der Waals surface area (Å²) in [5.74, 6) is 0. The third-order valence-electron chi connectivity index (χ3n) is 7.83. The highest BCUT2D eigenvalue weighted by molar-refractivity contribution is 6.04. The molecular formula is C33H35N2+. The first-order valence-electron chi connectivity index (χ1n) is 12.4. The lowest BCUT2D eigenvalue weighted by atomic mass is 9.81. The Kier molecular flexibility index (Phi) is 5.63. The molecule has 0 aromatic heterocycles. The Morgan fingerprint density at radius 2 is 1.40 bits per heavy atom. The molecule has 176 valence electrons. The van der Waals surface area contributed by atoms with Crippen LogP contribution in [0, 0.1) is 0 Å². The number of nitrogens with zero attached hydrogens (tertiary/aromatic N) is 2. The highest BCUT2D eigenvalue weighted by Gasteiger charge is 2.42. The molecule has 2 nitrogen and oxygen atoms in total. The van der Waals surface area contributed by atoms with Gasteiger partial charge in [0.15, 0.2) is 5.71 Å². The number of benzene rings is 3. The first kappa shape index (κ1) is 23.1. The fraction of sp³-hybridized carbons (Fsp3) is 0.242. The summed E-state index contributed by atoms with van der Waals surface area (Å²) in [5, 5.41) is 0. The molecule has 0 radical (unpaired) electrons. The molecule has 0 atom stereocenters. The largest absolute Gasteiger partial charge is 0.347 e. The van der Waals surface area contributed by atoms with E-state index in [0.29, 0.717) is 0 Å². The van der Waals surface area contributed by atoms with Crippen molar-refractivity contribution in [3.63, 3.8) is 0 Å². The first-order valence-corrected chi connectivity index (χ1v) is 12.4. The van der Waals surface area contributed by atoms with Gasteiger partial charge in [0.2, 0.25) is 5.69 Å². The van der Waals surface area contributed by atoms with Crippen LogP contribution in [0.3, 0.4) is 0 Å². The van der Waals surface area contributed by atoms with E-state index in [4.69, 9.17) is 0 Å². The quantitative estimate of drug-likeness (QED) is 0.287. The number of hydrogen-bond donors (Lipinski definition) is 0. The van der Waals surface area contributed by atoms with E-state index in [0.717, 1.165) is 0 Å². The Balaban J connectivity index is 1.57. The van der Waals surface area contributed by atoms with Gasteiger partial charge < -0.3 is 4.90 Å². The number of fused-ring (bicyclic) bond motifs is 2. The Labute approximate surface area is 210 Å². The maximum absolute atomic E-state index is 2.33. The molecule has 5 rings (SSSR count). The van der Waals surface area contributed by atoms with Crippen molar-refractivity contribution in [1.82, 2.24) is 0 Å². The van der Waals surface area contributed by atoms with Crippen molar-refractivity contribution in [1.29, 1.82) is 0 Å². The molecule has 35 heavy (non-hydrogen) atoms. The average Bonchev–Trinajstić information content (AvgIpc) is 3.18. The van der Waals surface area contributed by atoms with Crippen molar-refractivity contribution in [2.45, 2.75) is 38.5 Å². The van der Waals surface area contributed by atoms with Crippen LogP contribution in [-0.2, 0) is 10.8 Å². The van der Waals surface area contributed by atoms with Crippen molar-refractivity contribution in [3.05, 3.63) is 126 Å². The second-order valence-electron chi connectivity index (χ2n) is 10.7. The Hall–Kier alpha value is -3.65.